The first-order valence-electron chi connectivity index (χ1n) is 9.57. The first kappa shape index (κ1) is 18.7. The molecule has 0 aromatic heterocycles. The van der Waals surface area contributed by atoms with Gasteiger partial charge in [0.2, 0.25) is 5.91 Å². The Bertz CT molecular complexity index is 546. The van der Waals surface area contributed by atoms with E-state index in [9.17, 15) is 4.79 Å². The minimum Gasteiger partial charge on any atom is -0.379 e. The van der Waals surface area contributed by atoms with E-state index in [1.807, 2.05) is 6.07 Å². The third kappa shape index (κ3) is 4.57. The lowest BCUT2D eigenvalue weighted by molar-refractivity contribution is -0.121. The van der Waals surface area contributed by atoms with E-state index in [-0.39, 0.29) is 11.2 Å². The number of nitrogens with one attached hydrogen (secondary N) is 1. The second-order valence-electron chi connectivity index (χ2n) is 6.96. The van der Waals surface area contributed by atoms with E-state index < -0.39 is 0 Å². The second kappa shape index (κ2) is 9.06. The van der Waals surface area contributed by atoms with Gasteiger partial charge >= 0.3 is 0 Å². The maximum Gasteiger partial charge on any atom is 0.233 e. The number of morpholine rings is 1. The second-order valence-corrected chi connectivity index (χ2v) is 8.20. The molecule has 0 spiro atoms. The van der Waals surface area contributed by atoms with E-state index in [4.69, 9.17) is 4.74 Å². The van der Waals surface area contributed by atoms with Gasteiger partial charge in [0.05, 0.1) is 18.5 Å². The molecule has 4 nitrogen and oxygen atoms in total. The summed E-state index contributed by atoms with van der Waals surface area (Å²) in [6, 6.07) is 8.77. The Morgan fingerprint density at radius 2 is 2.00 bits per heavy atom. The fourth-order valence-corrected chi connectivity index (χ4v) is 5.20. The molecule has 1 fully saturated rings. The number of hydrogen-bond donors (Lipinski definition) is 1. The maximum absolute atomic E-state index is 12.7. The van der Waals surface area contributed by atoms with Crippen molar-refractivity contribution < 1.29 is 9.53 Å². The van der Waals surface area contributed by atoms with Crippen molar-refractivity contribution in [1.82, 2.24) is 10.2 Å². The van der Waals surface area contributed by atoms with Gasteiger partial charge < -0.3 is 10.1 Å². The van der Waals surface area contributed by atoms with Crippen molar-refractivity contribution in [2.45, 2.75) is 49.3 Å². The molecule has 0 unspecified atom stereocenters. The smallest absolute Gasteiger partial charge is 0.233 e. The van der Waals surface area contributed by atoms with Crippen molar-refractivity contribution in [2.24, 2.45) is 5.92 Å². The molecule has 5 heteroatoms. The zero-order chi connectivity index (χ0) is 17.6. The van der Waals surface area contributed by atoms with Gasteiger partial charge in [0.1, 0.15) is 0 Å². The summed E-state index contributed by atoms with van der Waals surface area (Å²) in [7, 11) is 0. The first-order valence-corrected chi connectivity index (χ1v) is 10.4. The molecular weight excluding hydrogens is 332 g/mol. The lowest BCUT2D eigenvalue weighted by atomic mass is 9.92. The van der Waals surface area contributed by atoms with Gasteiger partial charge in [0, 0.05) is 30.6 Å². The zero-order valence-electron chi connectivity index (χ0n) is 15.4. The molecule has 0 bridgehead atoms. The van der Waals surface area contributed by atoms with Crippen LogP contribution in [0.5, 0.6) is 0 Å². The van der Waals surface area contributed by atoms with Crippen molar-refractivity contribution in [2.75, 3.05) is 32.8 Å². The number of fused-ring (bicyclic) bond motifs is 1. The van der Waals surface area contributed by atoms with Crippen LogP contribution in [0.3, 0.4) is 0 Å². The average Bonchev–Trinajstić information content (AvgIpc) is 3.10. The standard InChI is InChI=1S/C20H30N2O2S/c1-3-15(4-2)17(22-9-11-24-12-10-22)14-21-20(23)19-13-16-7-5-6-8-18(16)25-19/h5-8,15,17,19H,3-4,9-14H2,1-2H3,(H,21,23)/t17-,19+/m1/s1. The number of ether oxygens (including phenoxy) is 1. The largest absolute Gasteiger partial charge is 0.379 e. The highest BCUT2D eigenvalue weighted by Gasteiger charge is 2.31. The van der Waals surface area contributed by atoms with Crippen LogP contribution in [0.25, 0.3) is 0 Å². The zero-order valence-corrected chi connectivity index (χ0v) is 16.2. The van der Waals surface area contributed by atoms with Crippen LogP contribution >= 0.6 is 11.8 Å². The van der Waals surface area contributed by atoms with E-state index in [1.165, 1.54) is 10.5 Å². The molecule has 0 radical (unpaired) electrons. The summed E-state index contributed by atoms with van der Waals surface area (Å²) >= 11 is 1.71. The molecule has 0 saturated carbocycles. The Morgan fingerprint density at radius 1 is 1.28 bits per heavy atom. The number of thioether (sulfide) groups is 1. The van der Waals surface area contributed by atoms with Crippen LogP contribution in [0.1, 0.15) is 32.3 Å². The molecule has 2 aliphatic heterocycles. The van der Waals surface area contributed by atoms with Crippen LogP contribution in [0.2, 0.25) is 0 Å². The molecule has 2 heterocycles. The Hall–Kier alpha value is -1.04. The molecule has 1 saturated heterocycles. The van der Waals surface area contributed by atoms with Crippen molar-refractivity contribution >= 4 is 17.7 Å². The van der Waals surface area contributed by atoms with Crippen LogP contribution in [0.4, 0.5) is 0 Å². The fraction of sp³-hybridized carbons (Fsp3) is 0.650. The highest BCUT2D eigenvalue weighted by molar-refractivity contribution is 8.01. The lowest BCUT2D eigenvalue weighted by Gasteiger charge is -2.39. The van der Waals surface area contributed by atoms with E-state index in [2.05, 4.69) is 42.3 Å². The van der Waals surface area contributed by atoms with E-state index >= 15 is 0 Å². The molecule has 0 aliphatic carbocycles. The van der Waals surface area contributed by atoms with Crippen LogP contribution in [-0.4, -0.2) is 54.9 Å². The van der Waals surface area contributed by atoms with Crippen LogP contribution in [-0.2, 0) is 16.0 Å². The predicted octanol–water partition coefficient (Wildman–Crippen LogP) is 2.96. The fourth-order valence-electron chi connectivity index (χ4n) is 3.98. The van der Waals surface area contributed by atoms with Gasteiger partial charge in [-0.2, -0.15) is 0 Å². The van der Waals surface area contributed by atoms with Crippen molar-refractivity contribution in [3.63, 3.8) is 0 Å². The Morgan fingerprint density at radius 3 is 2.68 bits per heavy atom. The van der Waals surface area contributed by atoms with Gasteiger partial charge in [-0.3, -0.25) is 9.69 Å². The van der Waals surface area contributed by atoms with Gasteiger partial charge in [-0.15, -0.1) is 11.8 Å². The van der Waals surface area contributed by atoms with Gasteiger partial charge in [-0.1, -0.05) is 44.9 Å². The van der Waals surface area contributed by atoms with E-state index in [0.717, 1.165) is 52.1 Å². The highest BCUT2D eigenvalue weighted by Crippen LogP contribution is 2.36. The number of amides is 1. The molecule has 25 heavy (non-hydrogen) atoms. The summed E-state index contributed by atoms with van der Waals surface area (Å²) in [5.41, 5.74) is 1.30. The Labute approximate surface area is 155 Å². The first-order chi connectivity index (χ1) is 12.2. The van der Waals surface area contributed by atoms with Crippen LogP contribution in [0.15, 0.2) is 29.2 Å². The van der Waals surface area contributed by atoms with Gasteiger partial charge in [0.25, 0.3) is 0 Å². The van der Waals surface area contributed by atoms with Crippen LogP contribution < -0.4 is 5.32 Å². The van der Waals surface area contributed by atoms with E-state index in [0.29, 0.717) is 12.0 Å². The van der Waals surface area contributed by atoms with Gasteiger partial charge in [0.15, 0.2) is 0 Å². The summed E-state index contributed by atoms with van der Waals surface area (Å²) in [6.45, 7) is 8.82. The number of hydrogen-bond acceptors (Lipinski definition) is 4. The predicted molar refractivity (Wildman–Crippen MR) is 103 cm³/mol. The minimum atomic E-state index is 0.0180. The summed E-state index contributed by atoms with van der Waals surface area (Å²) in [4.78, 5) is 16.5. The number of carbonyl (C=O) groups is 1. The Balaban J connectivity index is 1.58. The van der Waals surface area contributed by atoms with Gasteiger partial charge in [-0.25, -0.2) is 0 Å². The quantitative estimate of drug-likeness (QED) is 0.810. The monoisotopic (exact) mass is 362 g/mol. The Kier molecular flexibility index (Phi) is 6.79. The molecule has 1 aromatic rings. The lowest BCUT2D eigenvalue weighted by Crippen LogP contribution is -2.52. The number of rotatable bonds is 7. The molecule has 138 valence electrons. The topological polar surface area (TPSA) is 41.6 Å². The summed E-state index contributed by atoms with van der Waals surface area (Å²) in [5, 5.41) is 3.28. The van der Waals surface area contributed by atoms with Crippen molar-refractivity contribution in [3.05, 3.63) is 29.8 Å². The molecule has 1 amide bonds. The SMILES string of the molecule is CCC(CC)[C@@H](CNC(=O)[C@@H]1Cc2ccccc2S1)N1CCOCC1. The minimum absolute atomic E-state index is 0.0180. The van der Waals surface area contributed by atoms with Gasteiger partial charge in [-0.05, 0) is 24.0 Å². The van der Waals surface area contributed by atoms with Crippen molar-refractivity contribution in [1.29, 1.82) is 0 Å². The van der Waals surface area contributed by atoms with Crippen LogP contribution in [0, 0.1) is 5.92 Å². The molecule has 3 rings (SSSR count). The molecule has 1 aromatic carbocycles. The molecule has 2 atom stereocenters. The average molecular weight is 363 g/mol. The maximum atomic E-state index is 12.7. The normalized spacial score (nSPS) is 22.0. The number of carbonyl (C=O) groups excluding carboxylic acids is 1. The van der Waals surface area contributed by atoms with Crippen molar-refractivity contribution in [3.8, 4) is 0 Å². The summed E-state index contributed by atoms with van der Waals surface area (Å²) in [5.74, 6) is 0.803. The molecular formula is C20H30N2O2S. The number of benzene rings is 1. The molecule has 1 N–H and O–H groups in total. The third-order valence-electron chi connectivity index (χ3n) is 5.53. The highest BCUT2D eigenvalue weighted by atomic mass is 32.2. The summed E-state index contributed by atoms with van der Waals surface area (Å²) < 4.78 is 5.51. The summed E-state index contributed by atoms with van der Waals surface area (Å²) in [6.07, 6.45) is 3.15. The molecule has 2 aliphatic rings. The van der Waals surface area contributed by atoms with E-state index in [1.54, 1.807) is 11.8 Å². The number of nitrogens with zero attached hydrogens (tertiary/aromatic N) is 1. The third-order valence-corrected chi connectivity index (χ3v) is 6.85.